The van der Waals surface area contributed by atoms with Crippen LogP contribution >= 0.6 is 0 Å². The fraction of sp³-hybridized carbons (Fsp3) is 0.600. The molecule has 1 atom stereocenters. The van der Waals surface area contributed by atoms with Crippen LogP contribution in [0.4, 0.5) is 13.2 Å². The number of aliphatic hydroxyl groups excluding tert-OH is 1. The number of benzene rings is 1. The monoisotopic (exact) mass is 272 g/mol. The number of hydrogen-bond donors (Lipinski definition) is 1. The highest BCUT2D eigenvalue weighted by atomic mass is 19.4. The Hall–Kier alpha value is -1.03. The first-order valence-electron chi connectivity index (χ1n) is 6.84. The van der Waals surface area contributed by atoms with Crippen LogP contribution in [0.3, 0.4) is 0 Å². The maximum atomic E-state index is 12.5. The molecule has 106 valence electrons. The van der Waals surface area contributed by atoms with Crippen molar-refractivity contribution in [1.29, 1.82) is 0 Å². The standard InChI is InChI=1S/C15H19F3O/c16-15(17,18)13-9-7-12(8-10-13)14(19)11-5-3-1-2-4-6-11/h7-11,14,19H,1-6H2/t14-/m0/s1. The molecule has 1 N–H and O–H groups in total. The van der Waals surface area contributed by atoms with Crippen LogP contribution in [-0.4, -0.2) is 5.11 Å². The minimum Gasteiger partial charge on any atom is -0.388 e. The van der Waals surface area contributed by atoms with Crippen LogP contribution in [-0.2, 0) is 6.18 Å². The molecule has 1 nitrogen and oxygen atoms in total. The average Bonchev–Trinajstić information content (AvgIpc) is 2.66. The van der Waals surface area contributed by atoms with E-state index in [4.69, 9.17) is 0 Å². The topological polar surface area (TPSA) is 20.2 Å². The van der Waals surface area contributed by atoms with Gasteiger partial charge in [0.25, 0.3) is 0 Å². The molecule has 0 aromatic heterocycles. The molecule has 0 spiro atoms. The summed E-state index contributed by atoms with van der Waals surface area (Å²) in [4.78, 5) is 0. The van der Waals surface area contributed by atoms with Crippen molar-refractivity contribution < 1.29 is 18.3 Å². The van der Waals surface area contributed by atoms with Crippen LogP contribution in [0.15, 0.2) is 24.3 Å². The second kappa shape index (κ2) is 5.95. The van der Waals surface area contributed by atoms with Crippen LogP contribution < -0.4 is 0 Å². The van der Waals surface area contributed by atoms with Crippen molar-refractivity contribution in [2.75, 3.05) is 0 Å². The predicted octanol–water partition coefficient (Wildman–Crippen LogP) is 4.71. The molecule has 2 rings (SSSR count). The Kier molecular flexibility index (Phi) is 4.50. The van der Waals surface area contributed by atoms with Crippen molar-refractivity contribution in [2.24, 2.45) is 5.92 Å². The van der Waals surface area contributed by atoms with Gasteiger partial charge < -0.3 is 5.11 Å². The summed E-state index contributed by atoms with van der Waals surface area (Å²) in [7, 11) is 0. The number of rotatable bonds is 2. The van der Waals surface area contributed by atoms with E-state index >= 15 is 0 Å². The van der Waals surface area contributed by atoms with Gasteiger partial charge in [0.15, 0.2) is 0 Å². The Morgan fingerprint density at radius 3 is 1.95 bits per heavy atom. The molecular weight excluding hydrogens is 253 g/mol. The molecule has 0 saturated heterocycles. The first-order valence-corrected chi connectivity index (χ1v) is 6.84. The molecule has 1 aliphatic rings. The van der Waals surface area contributed by atoms with E-state index in [0.29, 0.717) is 5.56 Å². The quantitative estimate of drug-likeness (QED) is 0.773. The van der Waals surface area contributed by atoms with Crippen molar-refractivity contribution in [3.63, 3.8) is 0 Å². The summed E-state index contributed by atoms with van der Waals surface area (Å²) in [5.74, 6) is 0.180. The molecule has 4 heteroatoms. The summed E-state index contributed by atoms with van der Waals surface area (Å²) in [6.45, 7) is 0. The lowest BCUT2D eigenvalue weighted by molar-refractivity contribution is -0.137. The number of halogens is 3. The van der Waals surface area contributed by atoms with E-state index in [1.54, 1.807) is 0 Å². The maximum Gasteiger partial charge on any atom is 0.416 e. The van der Waals surface area contributed by atoms with Crippen molar-refractivity contribution in [3.05, 3.63) is 35.4 Å². The maximum absolute atomic E-state index is 12.5. The smallest absolute Gasteiger partial charge is 0.388 e. The lowest BCUT2D eigenvalue weighted by atomic mass is 9.89. The summed E-state index contributed by atoms with van der Waals surface area (Å²) in [6, 6.07) is 4.90. The molecule has 1 saturated carbocycles. The summed E-state index contributed by atoms with van der Waals surface area (Å²) in [5.41, 5.74) is -0.0655. The summed E-state index contributed by atoms with van der Waals surface area (Å²) in [6.07, 6.45) is 1.55. The van der Waals surface area contributed by atoms with Gasteiger partial charge >= 0.3 is 6.18 Å². The van der Waals surface area contributed by atoms with E-state index in [1.807, 2.05) is 0 Å². The van der Waals surface area contributed by atoms with E-state index in [9.17, 15) is 18.3 Å². The first kappa shape index (κ1) is 14.4. The van der Waals surface area contributed by atoms with E-state index in [-0.39, 0.29) is 5.92 Å². The van der Waals surface area contributed by atoms with Crippen molar-refractivity contribution in [3.8, 4) is 0 Å². The molecule has 0 aliphatic heterocycles. The Morgan fingerprint density at radius 2 is 1.47 bits per heavy atom. The Morgan fingerprint density at radius 1 is 0.947 bits per heavy atom. The van der Waals surface area contributed by atoms with Crippen LogP contribution in [0, 0.1) is 5.92 Å². The van der Waals surface area contributed by atoms with E-state index in [2.05, 4.69) is 0 Å². The fourth-order valence-electron chi connectivity index (χ4n) is 2.77. The Labute approximate surface area is 111 Å². The third-order valence-corrected chi connectivity index (χ3v) is 3.93. The molecule has 0 amide bonds. The van der Waals surface area contributed by atoms with Gasteiger partial charge in [0.2, 0.25) is 0 Å². The second-order valence-electron chi connectivity index (χ2n) is 5.32. The Bertz CT molecular complexity index is 389. The van der Waals surface area contributed by atoms with Gasteiger partial charge in [-0.15, -0.1) is 0 Å². The van der Waals surface area contributed by atoms with Crippen molar-refractivity contribution in [2.45, 2.75) is 50.8 Å². The normalized spacial score (nSPS) is 20.0. The molecule has 1 aromatic carbocycles. The van der Waals surface area contributed by atoms with Crippen LogP contribution in [0.5, 0.6) is 0 Å². The van der Waals surface area contributed by atoms with Gasteiger partial charge in [-0.1, -0.05) is 37.8 Å². The largest absolute Gasteiger partial charge is 0.416 e. The molecule has 1 fully saturated rings. The summed E-state index contributed by atoms with van der Waals surface area (Å²) in [5, 5.41) is 10.3. The van der Waals surface area contributed by atoms with Crippen molar-refractivity contribution in [1.82, 2.24) is 0 Å². The molecule has 1 aromatic rings. The molecule has 0 unspecified atom stereocenters. The van der Waals surface area contributed by atoms with Gasteiger partial charge in [-0.2, -0.15) is 13.2 Å². The molecule has 0 heterocycles. The highest BCUT2D eigenvalue weighted by Crippen LogP contribution is 2.35. The lowest BCUT2D eigenvalue weighted by Crippen LogP contribution is -2.12. The van der Waals surface area contributed by atoms with E-state index in [0.717, 1.165) is 37.8 Å². The Balaban J connectivity index is 2.08. The number of aliphatic hydroxyl groups is 1. The van der Waals surface area contributed by atoms with E-state index < -0.39 is 17.8 Å². The lowest BCUT2D eigenvalue weighted by Gasteiger charge is -2.22. The van der Waals surface area contributed by atoms with Crippen LogP contribution in [0.2, 0.25) is 0 Å². The predicted molar refractivity (Wildman–Crippen MR) is 67.6 cm³/mol. The van der Waals surface area contributed by atoms with Gasteiger partial charge in [-0.25, -0.2) is 0 Å². The second-order valence-corrected chi connectivity index (χ2v) is 5.32. The SMILES string of the molecule is O[C@H](c1ccc(C(F)(F)F)cc1)C1CCCCCC1. The van der Waals surface area contributed by atoms with E-state index in [1.165, 1.54) is 25.0 Å². The number of alkyl halides is 3. The number of hydrogen-bond acceptors (Lipinski definition) is 1. The minimum absolute atomic E-state index is 0.180. The van der Waals surface area contributed by atoms with Gasteiger partial charge in [-0.05, 0) is 36.5 Å². The van der Waals surface area contributed by atoms with Gasteiger partial charge in [0.05, 0.1) is 11.7 Å². The van der Waals surface area contributed by atoms with Gasteiger partial charge in [0, 0.05) is 0 Å². The zero-order valence-corrected chi connectivity index (χ0v) is 10.8. The molecule has 19 heavy (non-hydrogen) atoms. The zero-order valence-electron chi connectivity index (χ0n) is 10.8. The zero-order chi connectivity index (χ0) is 13.9. The molecule has 0 bridgehead atoms. The third-order valence-electron chi connectivity index (χ3n) is 3.93. The molecule has 0 radical (unpaired) electrons. The minimum atomic E-state index is -4.31. The van der Waals surface area contributed by atoms with Crippen molar-refractivity contribution >= 4 is 0 Å². The molecule has 1 aliphatic carbocycles. The third kappa shape index (κ3) is 3.72. The van der Waals surface area contributed by atoms with Gasteiger partial charge in [0.1, 0.15) is 0 Å². The highest BCUT2D eigenvalue weighted by molar-refractivity contribution is 5.26. The summed E-state index contributed by atoms with van der Waals surface area (Å²) >= 11 is 0. The van der Waals surface area contributed by atoms with Crippen LogP contribution in [0.25, 0.3) is 0 Å². The highest BCUT2D eigenvalue weighted by Gasteiger charge is 2.30. The van der Waals surface area contributed by atoms with Gasteiger partial charge in [-0.3, -0.25) is 0 Å². The summed E-state index contributed by atoms with van der Waals surface area (Å²) < 4.78 is 37.4. The first-order chi connectivity index (χ1) is 8.98. The van der Waals surface area contributed by atoms with Crippen LogP contribution in [0.1, 0.15) is 55.8 Å². The molecular formula is C15H19F3O. The average molecular weight is 272 g/mol. The fourth-order valence-corrected chi connectivity index (χ4v) is 2.77.